The molecule has 0 saturated heterocycles. The summed E-state index contributed by atoms with van der Waals surface area (Å²) in [6.45, 7) is 2.50. The van der Waals surface area contributed by atoms with Gasteiger partial charge in [0.2, 0.25) is 15.9 Å². The van der Waals surface area contributed by atoms with Gasteiger partial charge in [-0.3, -0.25) is 9.10 Å². The molecule has 0 atom stereocenters. The van der Waals surface area contributed by atoms with Crippen molar-refractivity contribution < 1.29 is 17.9 Å². The smallest absolute Gasteiger partial charge is 0.240 e. The third-order valence-electron chi connectivity index (χ3n) is 3.54. The van der Waals surface area contributed by atoms with E-state index in [1.165, 1.54) is 0 Å². The average Bonchev–Trinajstić information content (AvgIpc) is 2.64. The first-order chi connectivity index (χ1) is 12.9. The van der Waals surface area contributed by atoms with E-state index >= 15 is 0 Å². The Morgan fingerprint density at radius 2 is 1.89 bits per heavy atom. The maximum atomic E-state index is 12.2. The maximum absolute atomic E-state index is 12.2. The summed E-state index contributed by atoms with van der Waals surface area (Å²) in [5, 5.41) is 2.77. The molecule has 1 amide bonds. The number of sulfonamides is 1. The first-order valence-corrected chi connectivity index (χ1v) is 11.4. The zero-order valence-electron chi connectivity index (χ0n) is 15.4. The van der Waals surface area contributed by atoms with Crippen molar-refractivity contribution in [3.05, 3.63) is 54.6 Å². The van der Waals surface area contributed by atoms with E-state index in [0.29, 0.717) is 30.3 Å². The van der Waals surface area contributed by atoms with E-state index in [1.807, 2.05) is 37.3 Å². The molecule has 8 heteroatoms. The number of hydrogen-bond donors (Lipinski definition) is 1. The number of ether oxygens (including phenoxy) is 1. The number of nitrogens with zero attached hydrogens (tertiary/aromatic N) is 1. The van der Waals surface area contributed by atoms with Crippen LogP contribution >= 0.6 is 11.8 Å². The molecule has 0 unspecified atom stereocenters. The Morgan fingerprint density at radius 1 is 1.15 bits per heavy atom. The largest absolute Gasteiger partial charge is 0.494 e. The van der Waals surface area contributed by atoms with Crippen LogP contribution in [0.4, 0.5) is 5.69 Å². The number of benzene rings is 2. The Morgan fingerprint density at radius 3 is 2.56 bits per heavy atom. The lowest BCUT2D eigenvalue weighted by atomic mass is 10.3. The van der Waals surface area contributed by atoms with Gasteiger partial charge in [-0.05, 0) is 31.2 Å². The molecule has 2 rings (SSSR count). The minimum absolute atomic E-state index is 0.273. The van der Waals surface area contributed by atoms with Crippen LogP contribution in [0.5, 0.6) is 5.75 Å². The average molecular weight is 409 g/mol. The summed E-state index contributed by atoms with van der Waals surface area (Å²) < 4.78 is 30.8. The monoisotopic (exact) mass is 408 g/mol. The molecule has 0 radical (unpaired) electrons. The van der Waals surface area contributed by atoms with Crippen molar-refractivity contribution in [2.75, 3.05) is 36.0 Å². The Labute approximate surface area is 165 Å². The van der Waals surface area contributed by atoms with E-state index in [4.69, 9.17) is 4.74 Å². The summed E-state index contributed by atoms with van der Waals surface area (Å²) >= 11 is 1.63. The number of nitrogens with one attached hydrogen (secondary N) is 1. The maximum Gasteiger partial charge on any atom is 0.240 e. The second-order valence-electron chi connectivity index (χ2n) is 5.71. The van der Waals surface area contributed by atoms with Gasteiger partial charge in [-0.2, -0.15) is 0 Å². The quantitative estimate of drug-likeness (QED) is 0.483. The molecule has 2 aromatic rings. The number of anilines is 1. The van der Waals surface area contributed by atoms with Crippen molar-refractivity contribution >= 4 is 33.4 Å². The van der Waals surface area contributed by atoms with Gasteiger partial charge >= 0.3 is 0 Å². The van der Waals surface area contributed by atoms with Gasteiger partial charge in [0, 0.05) is 23.3 Å². The van der Waals surface area contributed by atoms with Gasteiger partial charge in [0.25, 0.3) is 0 Å². The number of thioether (sulfide) groups is 1. The highest BCUT2D eigenvalue weighted by molar-refractivity contribution is 7.99. The summed E-state index contributed by atoms with van der Waals surface area (Å²) in [5.74, 6) is 0.910. The van der Waals surface area contributed by atoms with E-state index in [1.54, 1.807) is 36.0 Å². The number of carbonyl (C=O) groups excluding carboxylic acids is 1. The number of rotatable bonds is 10. The van der Waals surface area contributed by atoms with Crippen LogP contribution in [0.3, 0.4) is 0 Å². The van der Waals surface area contributed by atoms with Crippen LogP contribution in [0.25, 0.3) is 0 Å². The second-order valence-corrected chi connectivity index (χ2v) is 8.79. The fraction of sp³-hybridized carbons (Fsp3) is 0.316. The van der Waals surface area contributed by atoms with Crippen LogP contribution in [-0.2, 0) is 14.8 Å². The lowest BCUT2D eigenvalue weighted by molar-refractivity contribution is -0.119. The predicted octanol–water partition coefficient (Wildman–Crippen LogP) is 2.76. The fourth-order valence-corrected chi connectivity index (χ4v) is 4.00. The predicted molar refractivity (Wildman–Crippen MR) is 110 cm³/mol. The van der Waals surface area contributed by atoms with E-state index in [9.17, 15) is 13.2 Å². The fourth-order valence-electron chi connectivity index (χ4n) is 2.36. The molecule has 1 N–H and O–H groups in total. The van der Waals surface area contributed by atoms with Gasteiger partial charge in [-0.1, -0.05) is 24.3 Å². The Hall–Kier alpha value is -2.19. The van der Waals surface area contributed by atoms with Gasteiger partial charge in [-0.15, -0.1) is 11.8 Å². The van der Waals surface area contributed by atoms with E-state index in [0.717, 1.165) is 15.5 Å². The molecule has 0 fully saturated rings. The second kappa shape index (κ2) is 10.2. The lowest BCUT2D eigenvalue weighted by Gasteiger charge is -2.22. The van der Waals surface area contributed by atoms with Gasteiger partial charge in [0.1, 0.15) is 12.3 Å². The number of amides is 1. The molecule has 27 heavy (non-hydrogen) atoms. The van der Waals surface area contributed by atoms with Crippen molar-refractivity contribution in [2.45, 2.75) is 11.8 Å². The first-order valence-electron chi connectivity index (χ1n) is 8.55. The van der Waals surface area contributed by atoms with E-state index in [-0.39, 0.29) is 12.5 Å². The summed E-state index contributed by atoms with van der Waals surface area (Å²) in [6, 6.07) is 16.6. The molecule has 0 bridgehead atoms. The van der Waals surface area contributed by atoms with Crippen molar-refractivity contribution in [1.29, 1.82) is 0 Å². The van der Waals surface area contributed by atoms with Gasteiger partial charge in [0.05, 0.1) is 18.6 Å². The number of carbonyl (C=O) groups is 1. The van der Waals surface area contributed by atoms with Crippen LogP contribution in [0.1, 0.15) is 6.92 Å². The third kappa shape index (κ3) is 7.15. The standard InChI is InChI=1S/C19H24N2O4S2/c1-3-25-17-9-7-8-16(14-17)21(27(2,23)24)15-19(22)20-12-13-26-18-10-5-4-6-11-18/h4-11,14H,3,12-13,15H2,1-2H3,(H,20,22). The molecule has 0 heterocycles. The van der Waals surface area contributed by atoms with E-state index in [2.05, 4.69) is 5.32 Å². The molecule has 0 aliphatic heterocycles. The van der Waals surface area contributed by atoms with Crippen LogP contribution in [0.2, 0.25) is 0 Å². The van der Waals surface area contributed by atoms with Crippen LogP contribution in [0, 0.1) is 0 Å². The SMILES string of the molecule is CCOc1cccc(N(CC(=O)NCCSc2ccccc2)S(C)(=O)=O)c1. The van der Waals surface area contributed by atoms with Gasteiger partial charge < -0.3 is 10.1 Å². The summed E-state index contributed by atoms with van der Waals surface area (Å²) in [6.07, 6.45) is 1.08. The summed E-state index contributed by atoms with van der Waals surface area (Å²) in [4.78, 5) is 13.4. The van der Waals surface area contributed by atoms with Crippen LogP contribution in [-0.4, -0.2) is 46.0 Å². The molecule has 0 aromatic heterocycles. The van der Waals surface area contributed by atoms with Crippen LogP contribution < -0.4 is 14.4 Å². The zero-order chi connectivity index (χ0) is 19.7. The third-order valence-corrected chi connectivity index (χ3v) is 5.69. The van der Waals surface area contributed by atoms with Gasteiger partial charge in [0.15, 0.2) is 0 Å². The van der Waals surface area contributed by atoms with Crippen molar-refractivity contribution in [1.82, 2.24) is 5.32 Å². The molecule has 0 aliphatic rings. The molecule has 0 spiro atoms. The molecule has 6 nitrogen and oxygen atoms in total. The van der Waals surface area contributed by atoms with Crippen molar-refractivity contribution in [2.24, 2.45) is 0 Å². The van der Waals surface area contributed by atoms with E-state index < -0.39 is 10.0 Å². The zero-order valence-corrected chi connectivity index (χ0v) is 17.1. The first kappa shape index (κ1) is 21.1. The highest BCUT2D eigenvalue weighted by Crippen LogP contribution is 2.23. The Balaban J connectivity index is 1.93. The number of hydrogen-bond acceptors (Lipinski definition) is 5. The minimum Gasteiger partial charge on any atom is -0.494 e. The summed E-state index contributed by atoms with van der Waals surface area (Å²) in [5.41, 5.74) is 0.400. The Bertz CT molecular complexity index is 842. The highest BCUT2D eigenvalue weighted by atomic mass is 32.2. The lowest BCUT2D eigenvalue weighted by Crippen LogP contribution is -2.41. The minimum atomic E-state index is -3.61. The Kier molecular flexibility index (Phi) is 7.99. The molecule has 2 aromatic carbocycles. The highest BCUT2D eigenvalue weighted by Gasteiger charge is 2.21. The summed E-state index contributed by atoms with van der Waals surface area (Å²) in [7, 11) is -3.61. The van der Waals surface area contributed by atoms with Crippen molar-refractivity contribution in [3.8, 4) is 5.75 Å². The van der Waals surface area contributed by atoms with Crippen molar-refractivity contribution in [3.63, 3.8) is 0 Å². The van der Waals surface area contributed by atoms with Crippen LogP contribution in [0.15, 0.2) is 59.5 Å². The molecular weight excluding hydrogens is 384 g/mol. The topological polar surface area (TPSA) is 75.7 Å². The molecular formula is C19H24N2O4S2. The molecule has 0 saturated carbocycles. The molecule has 0 aliphatic carbocycles. The van der Waals surface area contributed by atoms with Gasteiger partial charge in [-0.25, -0.2) is 8.42 Å². The normalized spacial score (nSPS) is 11.0. The molecule has 146 valence electrons.